The number of nitrogens with one attached hydrogen (secondary N) is 2. The van der Waals surface area contributed by atoms with E-state index < -0.39 is 11.9 Å². The van der Waals surface area contributed by atoms with Crippen LogP contribution in [0.3, 0.4) is 0 Å². The molecule has 5 rings (SSSR count). The van der Waals surface area contributed by atoms with E-state index in [4.69, 9.17) is 20.9 Å². The number of benzene rings is 1. The van der Waals surface area contributed by atoms with Gasteiger partial charge < -0.3 is 24.8 Å². The summed E-state index contributed by atoms with van der Waals surface area (Å²) in [5, 5.41) is 10.0. The number of carbonyl (C=O) groups is 1. The number of carbonyl (C=O) groups excluding carboxylic acids is 1. The summed E-state index contributed by atoms with van der Waals surface area (Å²) in [5.41, 5.74) is 2.32. The normalized spacial score (nSPS) is 17.2. The average Bonchev–Trinajstić information content (AvgIpc) is 3.39. The van der Waals surface area contributed by atoms with Gasteiger partial charge in [0.25, 0.3) is 0 Å². The van der Waals surface area contributed by atoms with Gasteiger partial charge in [0.15, 0.2) is 5.76 Å². The molecule has 2 aromatic heterocycles. The molecule has 11 heteroatoms. The number of rotatable bonds is 5. The molecule has 4 heterocycles. The van der Waals surface area contributed by atoms with Crippen molar-refractivity contribution in [3.05, 3.63) is 70.1 Å². The minimum atomic E-state index is -0.723. The Morgan fingerprint density at radius 2 is 2.12 bits per heavy atom. The van der Waals surface area contributed by atoms with E-state index in [1.54, 1.807) is 17.0 Å². The Balaban J connectivity index is 1.30. The van der Waals surface area contributed by atoms with Crippen LogP contribution in [0, 0.1) is 5.82 Å². The third kappa shape index (κ3) is 4.97. The lowest BCUT2D eigenvalue weighted by atomic mass is 10.0. The number of fused-ring (bicyclic) bond motifs is 1. The van der Waals surface area contributed by atoms with Crippen LogP contribution in [0.4, 0.5) is 15.1 Å². The molecule has 2 aliphatic rings. The molecule has 0 radical (unpaired) electrons. The number of halogens is 2. The van der Waals surface area contributed by atoms with E-state index in [1.165, 1.54) is 18.3 Å². The van der Waals surface area contributed by atoms with Crippen LogP contribution in [0.1, 0.15) is 41.5 Å². The van der Waals surface area contributed by atoms with Gasteiger partial charge in [0, 0.05) is 38.1 Å². The Labute approximate surface area is 200 Å². The van der Waals surface area contributed by atoms with E-state index in [0.29, 0.717) is 36.8 Å². The summed E-state index contributed by atoms with van der Waals surface area (Å²) in [7, 11) is 0. The van der Waals surface area contributed by atoms with Crippen LogP contribution < -0.4 is 10.6 Å². The molecular formula is C23H24ClFN6O3. The maximum absolute atomic E-state index is 14.1. The van der Waals surface area contributed by atoms with Crippen molar-refractivity contribution in [3.8, 4) is 0 Å². The molecule has 0 spiro atoms. The highest BCUT2D eigenvalue weighted by Crippen LogP contribution is 2.26. The summed E-state index contributed by atoms with van der Waals surface area (Å²) in [6, 6.07) is 5.23. The van der Waals surface area contributed by atoms with Gasteiger partial charge in [-0.25, -0.2) is 19.2 Å². The van der Waals surface area contributed by atoms with E-state index in [-0.39, 0.29) is 17.1 Å². The minimum Gasteiger partial charge on any atom is -0.381 e. The van der Waals surface area contributed by atoms with E-state index >= 15 is 0 Å². The third-order valence-electron chi connectivity index (χ3n) is 6.07. The fraction of sp³-hybridized carbons (Fsp3) is 0.391. The maximum Gasteiger partial charge on any atom is 0.318 e. The topological polar surface area (TPSA) is 105 Å². The summed E-state index contributed by atoms with van der Waals surface area (Å²) in [6.07, 6.45) is 5.75. The molecule has 1 atom stereocenters. The van der Waals surface area contributed by atoms with Gasteiger partial charge in [0.2, 0.25) is 5.95 Å². The molecule has 0 saturated carbocycles. The SMILES string of the molecule is O=C(NC(c1ccc(Cl)c(F)c1)c1ccno1)N1CCc2cnc(NC3CCOCC3)nc2C1. The smallest absolute Gasteiger partial charge is 0.318 e. The van der Waals surface area contributed by atoms with E-state index in [2.05, 4.69) is 25.8 Å². The van der Waals surface area contributed by atoms with Crippen molar-refractivity contribution in [1.29, 1.82) is 0 Å². The first-order valence-electron chi connectivity index (χ1n) is 11.2. The lowest BCUT2D eigenvalue weighted by Gasteiger charge is -2.30. The van der Waals surface area contributed by atoms with Crippen molar-refractivity contribution < 1.29 is 18.4 Å². The Bertz CT molecular complexity index is 1160. The zero-order valence-electron chi connectivity index (χ0n) is 18.3. The summed E-state index contributed by atoms with van der Waals surface area (Å²) in [5.74, 6) is 0.368. The predicted molar refractivity (Wildman–Crippen MR) is 122 cm³/mol. The Morgan fingerprint density at radius 1 is 1.26 bits per heavy atom. The van der Waals surface area contributed by atoms with Crippen molar-refractivity contribution in [1.82, 2.24) is 25.3 Å². The zero-order valence-corrected chi connectivity index (χ0v) is 19.1. The molecule has 34 heavy (non-hydrogen) atoms. The van der Waals surface area contributed by atoms with Crippen LogP contribution in [0.5, 0.6) is 0 Å². The molecular weight excluding hydrogens is 463 g/mol. The summed E-state index contributed by atoms with van der Waals surface area (Å²) < 4.78 is 24.8. The minimum absolute atomic E-state index is 0.00360. The fourth-order valence-electron chi connectivity index (χ4n) is 4.17. The molecule has 2 N–H and O–H groups in total. The first-order chi connectivity index (χ1) is 16.6. The molecule has 1 unspecified atom stereocenters. The second-order valence-corrected chi connectivity index (χ2v) is 8.75. The molecule has 1 saturated heterocycles. The van der Waals surface area contributed by atoms with Crippen molar-refractivity contribution in [2.75, 3.05) is 25.1 Å². The third-order valence-corrected chi connectivity index (χ3v) is 6.38. The van der Waals surface area contributed by atoms with Crippen LogP contribution in [0.25, 0.3) is 0 Å². The number of ether oxygens (including phenoxy) is 1. The Kier molecular flexibility index (Phi) is 6.59. The highest BCUT2D eigenvalue weighted by Gasteiger charge is 2.27. The lowest BCUT2D eigenvalue weighted by molar-refractivity contribution is 0.0903. The van der Waals surface area contributed by atoms with Crippen molar-refractivity contribution >= 4 is 23.6 Å². The number of nitrogens with zero attached hydrogens (tertiary/aromatic N) is 4. The van der Waals surface area contributed by atoms with Crippen LogP contribution in [-0.2, 0) is 17.7 Å². The second kappa shape index (κ2) is 9.94. The number of anilines is 1. The average molecular weight is 487 g/mol. The van der Waals surface area contributed by atoms with E-state index in [1.807, 2.05) is 6.20 Å². The van der Waals surface area contributed by atoms with Crippen LogP contribution in [0.15, 0.2) is 41.2 Å². The first kappa shape index (κ1) is 22.5. The molecule has 2 amide bonds. The van der Waals surface area contributed by atoms with Gasteiger partial charge in [-0.05, 0) is 42.5 Å². The molecule has 3 aromatic rings. The van der Waals surface area contributed by atoms with Gasteiger partial charge in [0.1, 0.15) is 11.9 Å². The van der Waals surface area contributed by atoms with Gasteiger partial charge in [-0.3, -0.25) is 0 Å². The predicted octanol–water partition coefficient (Wildman–Crippen LogP) is 3.71. The molecule has 9 nitrogen and oxygen atoms in total. The summed E-state index contributed by atoms with van der Waals surface area (Å²) in [6.45, 7) is 2.29. The molecule has 178 valence electrons. The number of hydrogen-bond acceptors (Lipinski definition) is 7. The Morgan fingerprint density at radius 3 is 2.88 bits per heavy atom. The van der Waals surface area contributed by atoms with Crippen LogP contribution in [-0.4, -0.2) is 51.9 Å². The van der Waals surface area contributed by atoms with Gasteiger partial charge >= 0.3 is 6.03 Å². The highest BCUT2D eigenvalue weighted by atomic mass is 35.5. The fourth-order valence-corrected chi connectivity index (χ4v) is 4.29. The van der Waals surface area contributed by atoms with Gasteiger partial charge in [0.05, 0.1) is 23.5 Å². The van der Waals surface area contributed by atoms with Gasteiger partial charge in [-0.15, -0.1) is 0 Å². The summed E-state index contributed by atoms with van der Waals surface area (Å²) >= 11 is 5.83. The highest BCUT2D eigenvalue weighted by molar-refractivity contribution is 6.30. The van der Waals surface area contributed by atoms with E-state index in [9.17, 15) is 9.18 Å². The standard InChI is InChI=1S/C23H24ClFN6O3/c24-17-2-1-14(11-18(17)25)21(20-3-7-27-34-20)30-23(32)31-8-4-15-12-26-22(29-19(15)13-31)28-16-5-9-33-10-6-16/h1-3,7,11-12,16,21H,4-6,8-10,13H2,(H,30,32)(H,26,28,29). The van der Waals surface area contributed by atoms with Gasteiger partial charge in [-0.2, -0.15) is 0 Å². The van der Waals surface area contributed by atoms with Crippen molar-refractivity contribution in [2.45, 2.75) is 37.9 Å². The maximum atomic E-state index is 14.1. The largest absolute Gasteiger partial charge is 0.381 e. The van der Waals surface area contributed by atoms with Crippen molar-refractivity contribution in [3.63, 3.8) is 0 Å². The molecule has 2 aliphatic heterocycles. The quantitative estimate of drug-likeness (QED) is 0.566. The first-order valence-corrected chi connectivity index (χ1v) is 11.5. The monoisotopic (exact) mass is 486 g/mol. The lowest BCUT2D eigenvalue weighted by Crippen LogP contribution is -2.44. The Hall–Kier alpha value is -3.24. The number of amides is 2. The van der Waals surface area contributed by atoms with E-state index in [0.717, 1.165) is 37.3 Å². The number of aromatic nitrogens is 3. The number of urea groups is 1. The molecule has 0 aliphatic carbocycles. The number of hydrogen-bond donors (Lipinski definition) is 2. The zero-order chi connectivity index (χ0) is 23.5. The van der Waals surface area contributed by atoms with Crippen molar-refractivity contribution in [2.24, 2.45) is 0 Å². The molecule has 0 bridgehead atoms. The van der Waals surface area contributed by atoms with Gasteiger partial charge in [-0.1, -0.05) is 22.8 Å². The van der Waals surface area contributed by atoms with Crippen LogP contribution >= 0.6 is 11.6 Å². The van der Waals surface area contributed by atoms with Crippen LogP contribution in [0.2, 0.25) is 5.02 Å². The molecule has 1 aromatic carbocycles. The molecule has 1 fully saturated rings. The second-order valence-electron chi connectivity index (χ2n) is 8.34. The summed E-state index contributed by atoms with van der Waals surface area (Å²) in [4.78, 5) is 24.0.